The number of nitrogens with zero attached hydrogens (tertiary/aromatic N) is 1. The van der Waals surface area contributed by atoms with Crippen LogP contribution in [0.4, 0.5) is 0 Å². The van der Waals surface area contributed by atoms with Crippen LogP contribution in [0.3, 0.4) is 0 Å². The Balaban J connectivity index is 2.59. The fourth-order valence-electron chi connectivity index (χ4n) is 1.96. The van der Waals surface area contributed by atoms with Crippen LogP contribution >= 0.6 is 0 Å². The van der Waals surface area contributed by atoms with Crippen molar-refractivity contribution in [2.24, 2.45) is 5.92 Å². The lowest BCUT2D eigenvalue weighted by Crippen LogP contribution is -2.27. The molecule has 0 amide bonds. The molecule has 0 radical (unpaired) electrons. The number of rotatable bonds is 8. The van der Waals surface area contributed by atoms with Crippen LogP contribution in [-0.4, -0.2) is 40.5 Å². The van der Waals surface area contributed by atoms with E-state index in [2.05, 4.69) is 18.6 Å². The minimum absolute atomic E-state index is 0.342. The van der Waals surface area contributed by atoms with E-state index >= 15 is 0 Å². The zero-order chi connectivity index (χ0) is 15.2. The van der Waals surface area contributed by atoms with E-state index in [9.17, 15) is 8.42 Å². The zero-order valence-corrected chi connectivity index (χ0v) is 13.7. The molecule has 0 aromatic heterocycles. The van der Waals surface area contributed by atoms with Crippen LogP contribution in [0.25, 0.3) is 0 Å². The summed E-state index contributed by atoms with van der Waals surface area (Å²) in [6.07, 6.45) is 1.77. The molecule has 114 valence electrons. The second-order valence-electron chi connectivity index (χ2n) is 5.80. The molecule has 0 saturated carbocycles. The second kappa shape index (κ2) is 7.76. The smallest absolute Gasteiger partial charge is 0.240 e. The largest absolute Gasteiger partial charge is 0.309 e. The average Bonchev–Trinajstić information content (AvgIpc) is 2.34. The van der Waals surface area contributed by atoms with Gasteiger partial charge in [-0.25, -0.2) is 13.1 Å². The van der Waals surface area contributed by atoms with E-state index in [0.29, 0.717) is 17.4 Å². The van der Waals surface area contributed by atoms with Gasteiger partial charge in [0.1, 0.15) is 0 Å². The van der Waals surface area contributed by atoms with E-state index in [4.69, 9.17) is 0 Å². The second-order valence-corrected chi connectivity index (χ2v) is 7.56. The SMILES string of the molecule is CC(C)Cc1ccc(S(=O)(=O)NCCCN(C)C)cc1. The van der Waals surface area contributed by atoms with Crippen LogP contribution < -0.4 is 4.72 Å². The average molecular weight is 298 g/mol. The summed E-state index contributed by atoms with van der Waals surface area (Å²) in [5, 5.41) is 0. The van der Waals surface area contributed by atoms with Gasteiger partial charge < -0.3 is 4.90 Å². The highest BCUT2D eigenvalue weighted by molar-refractivity contribution is 7.89. The molecule has 0 heterocycles. The summed E-state index contributed by atoms with van der Waals surface area (Å²) >= 11 is 0. The first kappa shape index (κ1) is 17.1. The highest BCUT2D eigenvalue weighted by Crippen LogP contribution is 2.13. The van der Waals surface area contributed by atoms with Gasteiger partial charge in [0.2, 0.25) is 10.0 Å². The van der Waals surface area contributed by atoms with Crippen molar-refractivity contribution in [3.05, 3.63) is 29.8 Å². The molecule has 0 aliphatic heterocycles. The number of sulfonamides is 1. The van der Waals surface area contributed by atoms with Crippen LogP contribution in [0.2, 0.25) is 0 Å². The van der Waals surface area contributed by atoms with Crippen molar-refractivity contribution >= 4 is 10.0 Å². The lowest BCUT2D eigenvalue weighted by Gasteiger charge is -2.11. The van der Waals surface area contributed by atoms with E-state index < -0.39 is 10.0 Å². The topological polar surface area (TPSA) is 49.4 Å². The van der Waals surface area contributed by atoms with Crippen LogP contribution in [0.5, 0.6) is 0 Å². The first-order chi connectivity index (χ1) is 9.31. The zero-order valence-electron chi connectivity index (χ0n) is 12.9. The minimum Gasteiger partial charge on any atom is -0.309 e. The monoisotopic (exact) mass is 298 g/mol. The van der Waals surface area contributed by atoms with Crippen LogP contribution in [0, 0.1) is 5.92 Å². The maximum atomic E-state index is 12.1. The normalized spacial score (nSPS) is 12.3. The maximum Gasteiger partial charge on any atom is 0.240 e. The summed E-state index contributed by atoms with van der Waals surface area (Å²) in [5.41, 5.74) is 1.17. The van der Waals surface area contributed by atoms with Gasteiger partial charge in [-0.1, -0.05) is 26.0 Å². The summed E-state index contributed by atoms with van der Waals surface area (Å²) in [5.74, 6) is 0.571. The van der Waals surface area contributed by atoms with Gasteiger partial charge in [0.15, 0.2) is 0 Å². The number of benzene rings is 1. The molecule has 0 spiro atoms. The molecule has 1 rings (SSSR count). The Morgan fingerprint density at radius 2 is 1.75 bits per heavy atom. The van der Waals surface area contributed by atoms with E-state index in [1.165, 1.54) is 5.56 Å². The standard InChI is InChI=1S/C15H26N2O2S/c1-13(2)12-14-6-8-15(9-7-14)20(18,19)16-10-5-11-17(3)4/h6-9,13,16H,5,10-12H2,1-4H3. The Hall–Kier alpha value is -0.910. The van der Waals surface area contributed by atoms with Crippen LogP contribution in [0.1, 0.15) is 25.8 Å². The molecular weight excluding hydrogens is 272 g/mol. The molecule has 0 fully saturated rings. The van der Waals surface area contributed by atoms with Crippen molar-refractivity contribution in [2.75, 3.05) is 27.2 Å². The van der Waals surface area contributed by atoms with Gasteiger partial charge >= 0.3 is 0 Å². The number of hydrogen-bond acceptors (Lipinski definition) is 3. The fraction of sp³-hybridized carbons (Fsp3) is 0.600. The molecule has 0 aliphatic carbocycles. The summed E-state index contributed by atoms with van der Waals surface area (Å²) in [7, 11) is 0.576. The molecule has 4 nitrogen and oxygen atoms in total. The van der Waals surface area contributed by atoms with E-state index in [1.807, 2.05) is 31.1 Å². The van der Waals surface area contributed by atoms with Crippen molar-refractivity contribution in [3.63, 3.8) is 0 Å². The van der Waals surface area contributed by atoms with Crippen molar-refractivity contribution in [1.82, 2.24) is 9.62 Å². The first-order valence-corrected chi connectivity index (χ1v) is 8.53. The van der Waals surface area contributed by atoms with Gasteiger partial charge in [-0.2, -0.15) is 0 Å². The molecule has 0 aliphatic rings. The highest BCUT2D eigenvalue weighted by Gasteiger charge is 2.13. The Bertz CT molecular complexity index is 493. The Kier molecular flexibility index (Phi) is 6.65. The van der Waals surface area contributed by atoms with Crippen LogP contribution in [0.15, 0.2) is 29.2 Å². The van der Waals surface area contributed by atoms with Gasteiger partial charge in [-0.05, 0) is 57.1 Å². The molecule has 0 unspecified atom stereocenters. The van der Waals surface area contributed by atoms with E-state index in [0.717, 1.165) is 19.4 Å². The molecule has 1 aromatic carbocycles. The fourth-order valence-corrected chi connectivity index (χ4v) is 3.04. The van der Waals surface area contributed by atoms with E-state index in [1.54, 1.807) is 12.1 Å². The van der Waals surface area contributed by atoms with Crippen molar-refractivity contribution in [1.29, 1.82) is 0 Å². The maximum absolute atomic E-state index is 12.1. The van der Waals surface area contributed by atoms with Crippen LogP contribution in [-0.2, 0) is 16.4 Å². The third kappa shape index (κ3) is 6.03. The van der Waals surface area contributed by atoms with Crippen molar-refractivity contribution in [3.8, 4) is 0 Å². The van der Waals surface area contributed by atoms with Gasteiger partial charge in [-0.15, -0.1) is 0 Å². The lowest BCUT2D eigenvalue weighted by atomic mass is 10.0. The van der Waals surface area contributed by atoms with Gasteiger partial charge in [-0.3, -0.25) is 0 Å². The summed E-state index contributed by atoms with van der Waals surface area (Å²) < 4.78 is 26.8. The molecule has 0 saturated heterocycles. The number of hydrogen-bond donors (Lipinski definition) is 1. The van der Waals surface area contributed by atoms with E-state index in [-0.39, 0.29) is 0 Å². The van der Waals surface area contributed by atoms with Gasteiger partial charge in [0.05, 0.1) is 4.90 Å². The Labute approximate surface area is 123 Å². The summed E-state index contributed by atoms with van der Waals surface area (Å²) in [6.45, 7) is 5.64. The third-order valence-electron chi connectivity index (χ3n) is 2.95. The molecule has 1 aromatic rings. The predicted molar refractivity (Wildman–Crippen MR) is 83.3 cm³/mol. The molecule has 1 N–H and O–H groups in total. The summed E-state index contributed by atoms with van der Waals surface area (Å²) in [4.78, 5) is 2.38. The molecule has 5 heteroatoms. The van der Waals surface area contributed by atoms with Crippen molar-refractivity contribution in [2.45, 2.75) is 31.6 Å². The van der Waals surface area contributed by atoms with Gasteiger partial charge in [0, 0.05) is 6.54 Å². The highest BCUT2D eigenvalue weighted by atomic mass is 32.2. The quantitative estimate of drug-likeness (QED) is 0.748. The molecular formula is C15H26N2O2S. The minimum atomic E-state index is -3.37. The first-order valence-electron chi connectivity index (χ1n) is 7.04. The summed E-state index contributed by atoms with van der Waals surface area (Å²) in [6, 6.07) is 7.17. The van der Waals surface area contributed by atoms with Gasteiger partial charge in [0.25, 0.3) is 0 Å². The molecule has 20 heavy (non-hydrogen) atoms. The molecule has 0 bridgehead atoms. The molecule has 0 atom stereocenters. The van der Waals surface area contributed by atoms with Crippen molar-refractivity contribution < 1.29 is 8.42 Å². The Morgan fingerprint density at radius 3 is 2.25 bits per heavy atom. The number of nitrogens with one attached hydrogen (secondary N) is 1. The Morgan fingerprint density at radius 1 is 1.15 bits per heavy atom. The predicted octanol–water partition coefficient (Wildman–Crippen LogP) is 2.12. The lowest BCUT2D eigenvalue weighted by molar-refractivity contribution is 0.400. The third-order valence-corrected chi connectivity index (χ3v) is 4.43.